The third-order valence-corrected chi connectivity index (χ3v) is 3.02. The highest BCUT2D eigenvalue weighted by atomic mass is 15.1. The molecule has 78 valence electrons. The number of rotatable bonds is 0. The van der Waals surface area contributed by atoms with Gasteiger partial charge in [0.25, 0.3) is 0 Å². The maximum atomic E-state index is 4.68. The van der Waals surface area contributed by atoms with E-state index in [-0.39, 0.29) is 0 Å². The van der Waals surface area contributed by atoms with Crippen LogP contribution in [0.1, 0.15) is 11.4 Å². The van der Waals surface area contributed by atoms with Gasteiger partial charge in [0, 0.05) is 26.1 Å². The van der Waals surface area contributed by atoms with Crippen LogP contribution in [0.15, 0.2) is 18.2 Å². The number of aromatic nitrogens is 2. The van der Waals surface area contributed by atoms with E-state index in [0.29, 0.717) is 0 Å². The van der Waals surface area contributed by atoms with Crippen LogP contribution in [0.4, 0.5) is 0 Å². The first-order valence-corrected chi connectivity index (χ1v) is 5.51. The first-order valence-electron chi connectivity index (χ1n) is 5.51. The molecule has 0 unspecified atom stereocenters. The van der Waals surface area contributed by atoms with Crippen molar-refractivity contribution in [3.8, 4) is 0 Å². The van der Waals surface area contributed by atoms with Crippen molar-refractivity contribution in [2.45, 2.75) is 19.9 Å². The number of benzene rings is 1. The lowest BCUT2D eigenvalue weighted by Gasteiger charge is -2.03. The summed E-state index contributed by atoms with van der Waals surface area (Å²) in [5, 5.41) is 3.40. The molecule has 3 nitrogen and oxygen atoms in total. The van der Waals surface area contributed by atoms with E-state index in [0.717, 1.165) is 31.6 Å². The summed E-state index contributed by atoms with van der Waals surface area (Å²) >= 11 is 0. The predicted molar refractivity (Wildman–Crippen MR) is 61.0 cm³/mol. The third-order valence-electron chi connectivity index (χ3n) is 3.02. The Kier molecular flexibility index (Phi) is 1.99. The van der Waals surface area contributed by atoms with Crippen LogP contribution in [0.25, 0.3) is 11.0 Å². The highest BCUT2D eigenvalue weighted by Gasteiger charge is 2.12. The highest BCUT2D eigenvalue weighted by molar-refractivity contribution is 5.76. The summed E-state index contributed by atoms with van der Waals surface area (Å²) in [5.41, 5.74) is 3.73. The summed E-state index contributed by atoms with van der Waals surface area (Å²) in [7, 11) is 0. The van der Waals surface area contributed by atoms with E-state index in [1.165, 1.54) is 16.9 Å². The van der Waals surface area contributed by atoms with Crippen molar-refractivity contribution in [2.75, 3.05) is 13.1 Å². The van der Waals surface area contributed by atoms with Crippen LogP contribution < -0.4 is 5.32 Å². The highest BCUT2D eigenvalue weighted by Crippen LogP contribution is 2.18. The summed E-state index contributed by atoms with van der Waals surface area (Å²) in [6.45, 7) is 5.26. The number of fused-ring (bicyclic) bond motifs is 3. The van der Waals surface area contributed by atoms with Crippen LogP contribution in [-0.2, 0) is 13.0 Å². The molecule has 0 saturated heterocycles. The molecule has 0 bridgehead atoms. The Morgan fingerprint density at radius 3 is 3.20 bits per heavy atom. The van der Waals surface area contributed by atoms with E-state index in [2.05, 4.69) is 40.0 Å². The van der Waals surface area contributed by atoms with Gasteiger partial charge < -0.3 is 9.88 Å². The molecular formula is C12H15N3. The Balaban J connectivity index is 2.24. The molecule has 2 aromatic rings. The fraction of sp³-hybridized carbons (Fsp3) is 0.417. The number of imidazole rings is 1. The summed E-state index contributed by atoms with van der Waals surface area (Å²) in [6, 6.07) is 6.49. The van der Waals surface area contributed by atoms with E-state index in [1.54, 1.807) is 0 Å². The van der Waals surface area contributed by atoms with Crippen molar-refractivity contribution in [2.24, 2.45) is 0 Å². The Morgan fingerprint density at radius 2 is 2.27 bits per heavy atom. The largest absolute Gasteiger partial charge is 0.327 e. The summed E-state index contributed by atoms with van der Waals surface area (Å²) in [5.74, 6) is 1.22. The topological polar surface area (TPSA) is 29.9 Å². The first kappa shape index (κ1) is 8.92. The number of aryl methyl sites for hydroxylation is 1. The average Bonchev–Trinajstić information content (AvgIpc) is 2.44. The fourth-order valence-corrected chi connectivity index (χ4v) is 2.24. The Hall–Kier alpha value is -1.35. The van der Waals surface area contributed by atoms with Crippen LogP contribution >= 0.6 is 0 Å². The first-order chi connectivity index (χ1) is 7.34. The van der Waals surface area contributed by atoms with Crippen molar-refractivity contribution in [3.63, 3.8) is 0 Å². The van der Waals surface area contributed by atoms with Gasteiger partial charge >= 0.3 is 0 Å². The van der Waals surface area contributed by atoms with Crippen molar-refractivity contribution >= 4 is 11.0 Å². The van der Waals surface area contributed by atoms with Crippen LogP contribution in [0.3, 0.4) is 0 Å². The van der Waals surface area contributed by atoms with Gasteiger partial charge in [0.05, 0.1) is 11.0 Å². The van der Waals surface area contributed by atoms with E-state index < -0.39 is 0 Å². The SMILES string of the molecule is Cc1ccc2nc3n(c2c1)CCNCC3. The second kappa shape index (κ2) is 3.35. The monoisotopic (exact) mass is 201 g/mol. The molecule has 1 N–H and O–H groups in total. The van der Waals surface area contributed by atoms with Crippen LogP contribution in [0.2, 0.25) is 0 Å². The second-order valence-corrected chi connectivity index (χ2v) is 4.17. The lowest BCUT2D eigenvalue weighted by Crippen LogP contribution is -2.17. The number of nitrogens with one attached hydrogen (secondary N) is 1. The molecule has 2 heterocycles. The minimum atomic E-state index is 1.04. The third kappa shape index (κ3) is 1.43. The van der Waals surface area contributed by atoms with Crippen molar-refractivity contribution in [1.82, 2.24) is 14.9 Å². The quantitative estimate of drug-likeness (QED) is 0.700. The minimum Gasteiger partial charge on any atom is -0.327 e. The second-order valence-electron chi connectivity index (χ2n) is 4.17. The molecule has 1 aliphatic rings. The minimum absolute atomic E-state index is 1.04. The molecule has 3 rings (SSSR count). The molecule has 0 spiro atoms. The van der Waals surface area contributed by atoms with Crippen LogP contribution in [0.5, 0.6) is 0 Å². The van der Waals surface area contributed by atoms with Gasteiger partial charge in [-0.2, -0.15) is 0 Å². The van der Waals surface area contributed by atoms with Gasteiger partial charge in [0.15, 0.2) is 0 Å². The molecule has 0 aliphatic carbocycles. The normalized spacial score (nSPS) is 16.3. The van der Waals surface area contributed by atoms with Gasteiger partial charge in [-0.05, 0) is 24.6 Å². The van der Waals surface area contributed by atoms with E-state index in [4.69, 9.17) is 0 Å². The van der Waals surface area contributed by atoms with Crippen molar-refractivity contribution in [1.29, 1.82) is 0 Å². The number of hydrogen-bond donors (Lipinski definition) is 1. The van der Waals surface area contributed by atoms with Gasteiger partial charge in [-0.3, -0.25) is 0 Å². The zero-order chi connectivity index (χ0) is 10.3. The molecule has 0 amide bonds. The summed E-state index contributed by atoms with van der Waals surface area (Å²) in [6.07, 6.45) is 1.04. The molecule has 1 aromatic carbocycles. The molecule has 0 atom stereocenters. The lowest BCUT2D eigenvalue weighted by molar-refractivity contribution is 0.657. The number of hydrogen-bond acceptors (Lipinski definition) is 2. The van der Waals surface area contributed by atoms with Crippen molar-refractivity contribution in [3.05, 3.63) is 29.6 Å². The van der Waals surface area contributed by atoms with E-state index >= 15 is 0 Å². The maximum Gasteiger partial charge on any atom is 0.111 e. The van der Waals surface area contributed by atoms with Crippen LogP contribution in [-0.4, -0.2) is 22.6 Å². The summed E-state index contributed by atoms with van der Waals surface area (Å²) in [4.78, 5) is 4.68. The predicted octanol–water partition coefficient (Wildman–Crippen LogP) is 1.49. The van der Waals surface area contributed by atoms with Crippen LogP contribution in [0, 0.1) is 6.92 Å². The van der Waals surface area contributed by atoms with Gasteiger partial charge in [-0.15, -0.1) is 0 Å². The molecule has 3 heteroatoms. The fourth-order valence-electron chi connectivity index (χ4n) is 2.24. The van der Waals surface area contributed by atoms with Crippen molar-refractivity contribution < 1.29 is 0 Å². The Morgan fingerprint density at radius 1 is 1.33 bits per heavy atom. The van der Waals surface area contributed by atoms with Gasteiger partial charge in [0.1, 0.15) is 5.82 Å². The molecule has 1 aliphatic heterocycles. The molecule has 15 heavy (non-hydrogen) atoms. The van der Waals surface area contributed by atoms with Gasteiger partial charge in [-0.1, -0.05) is 6.07 Å². The van der Waals surface area contributed by atoms with E-state index in [9.17, 15) is 0 Å². The van der Waals surface area contributed by atoms with Gasteiger partial charge in [0.2, 0.25) is 0 Å². The molecule has 0 fully saturated rings. The zero-order valence-electron chi connectivity index (χ0n) is 8.95. The average molecular weight is 201 g/mol. The zero-order valence-corrected chi connectivity index (χ0v) is 8.95. The standard InChI is InChI=1S/C12H15N3/c1-9-2-3-10-11(8-9)15-7-6-13-5-4-12(15)14-10/h2-3,8,13H,4-7H2,1H3. The maximum absolute atomic E-state index is 4.68. The lowest BCUT2D eigenvalue weighted by atomic mass is 10.2. The smallest absolute Gasteiger partial charge is 0.111 e. The summed E-state index contributed by atoms with van der Waals surface area (Å²) < 4.78 is 2.35. The molecular weight excluding hydrogens is 186 g/mol. The Bertz CT molecular complexity index is 499. The number of nitrogens with zero attached hydrogens (tertiary/aromatic N) is 2. The van der Waals surface area contributed by atoms with E-state index in [1.807, 2.05) is 0 Å². The molecule has 0 saturated carbocycles. The Labute approximate surface area is 89.1 Å². The van der Waals surface area contributed by atoms with Gasteiger partial charge in [-0.25, -0.2) is 4.98 Å². The molecule has 0 radical (unpaired) electrons. The molecule has 1 aromatic heterocycles.